The predicted octanol–water partition coefficient (Wildman–Crippen LogP) is 16.6. The maximum Gasteiger partial charge on any atom is 0.277 e. The van der Waals surface area contributed by atoms with E-state index < -0.39 is 0 Å². The molecule has 11 aromatic rings. The van der Waals surface area contributed by atoms with Gasteiger partial charge in [-0.05, 0) is 134 Å². The van der Waals surface area contributed by atoms with Gasteiger partial charge in [-0.25, -0.2) is 0 Å². The third-order valence-electron chi connectivity index (χ3n) is 13.6. The summed E-state index contributed by atoms with van der Waals surface area (Å²) >= 11 is 7.71. The molecule has 7 heteroatoms. The SMILES string of the molecule is CC(C)(C)c1ccc2sc3c(c2c1)N(c1ccc(-c2cc4ccccc4s2)cc1)c1cccc2c1B3c1sc3ccc(C(C)(C)C)cc3c1N2c1ccc(-c2cc3ccccc3s2)cc1. The molecule has 7 aromatic carbocycles. The van der Waals surface area contributed by atoms with Gasteiger partial charge in [-0.3, -0.25) is 0 Å². The summed E-state index contributed by atoms with van der Waals surface area (Å²) in [7, 11) is 0. The Morgan fingerprint density at radius 1 is 0.400 bits per heavy atom. The van der Waals surface area contributed by atoms with E-state index in [1.165, 1.54) is 121 Å². The molecule has 2 aliphatic heterocycles. The minimum absolute atomic E-state index is 0.0146. The van der Waals surface area contributed by atoms with Crippen molar-refractivity contribution >= 4 is 142 Å². The molecule has 0 amide bonds. The van der Waals surface area contributed by atoms with E-state index in [-0.39, 0.29) is 17.5 Å². The molecular weight excluding hydrogens is 864 g/mol. The lowest BCUT2D eigenvalue weighted by molar-refractivity contribution is 0.591. The fourth-order valence-corrected chi connectivity index (χ4v) is 15.0. The Morgan fingerprint density at radius 3 is 1.25 bits per heavy atom. The summed E-state index contributed by atoms with van der Waals surface area (Å²) in [6.07, 6.45) is 0. The summed E-state index contributed by atoms with van der Waals surface area (Å²) in [5.74, 6) is 0. The summed E-state index contributed by atoms with van der Waals surface area (Å²) in [5.41, 5.74) is 14.1. The second kappa shape index (κ2) is 14.3. The van der Waals surface area contributed by atoms with Crippen LogP contribution < -0.4 is 24.8 Å². The van der Waals surface area contributed by atoms with Crippen molar-refractivity contribution in [3.8, 4) is 20.9 Å². The molecule has 4 aromatic heterocycles. The summed E-state index contributed by atoms with van der Waals surface area (Å²) in [5, 5.41) is 5.26. The molecular formula is C58H45BN2S4. The zero-order valence-electron chi connectivity index (χ0n) is 37.2. The Bertz CT molecular complexity index is 3400. The zero-order valence-corrected chi connectivity index (χ0v) is 40.5. The van der Waals surface area contributed by atoms with E-state index in [4.69, 9.17) is 0 Å². The van der Waals surface area contributed by atoms with Crippen molar-refractivity contribution in [1.29, 1.82) is 0 Å². The van der Waals surface area contributed by atoms with Crippen molar-refractivity contribution in [3.63, 3.8) is 0 Å². The number of nitrogens with zero attached hydrogens (tertiary/aromatic N) is 2. The number of hydrogen-bond donors (Lipinski definition) is 0. The molecule has 0 radical (unpaired) electrons. The van der Waals surface area contributed by atoms with Crippen LogP contribution in [0.15, 0.2) is 164 Å². The summed E-state index contributed by atoms with van der Waals surface area (Å²) in [4.78, 5) is 7.80. The van der Waals surface area contributed by atoms with Gasteiger partial charge in [-0.15, -0.1) is 45.3 Å². The minimum Gasteiger partial charge on any atom is -0.310 e. The highest BCUT2D eigenvalue weighted by Gasteiger charge is 2.47. The number of hydrogen-bond acceptors (Lipinski definition) is 6. The number of rotatable bonds is 4. The summed E-state index contributed by atoms with van der Waals surface area (Å²) in [6, 6.07) is 62.4. The van der Waals surface area contributed by atoms with Gasteiger partial charge in [-0.2, -0.15) is 0 Å². The molecule has 13 rings (SSSR count). The Morgan fingerprint density at radius 2 is 0.831 bits per heavy atom. The maximum absolute atomic E-state index is 2.60. The van der Waals surface area contributed by atoms with E-state index in [9.17, 15) is 0 Å². The Hall–Kier alpha value is -5.96. The molecule has 0 spiro atoms. The number of fused-ring (bicyclic) bond motifs is 10. The molecule has 6 heterocycles. The molecule has 0 fully saturated rings. The lowest BCUT2D eigenvalue weighted by Gasteiger charge is -2.42. The van der Waals surface area contributed by atoms with Gasteiger partial charge in [0.25, 0.3) is 6.71 Å². The maximum atomic E-state index is 2.60. The normalized spacial score (nSPS) is 13.6. The fraction of sp³-hybridized carbons (Fsp3) is 0.138. The van der Waals surface area contributed by atoms with Crippen LogP contribution in [0.3, 0.4) is 0 Å². The quantitative estimate of drug-likeness (QED) is 0.162. The van der Waals surface area contributed by atoms with Crippen LogP contribution in [0.25, 0.3) is 61.2 Å². The summed E-state index contributed by atoms with van der Waals surface area (Å²) in [6.45, 7) is 14.1. The van der Waals surface area contributed by atoms with E-state index in [0.29, 0.717) is 0 Å². The van der Waals surface area contributed by atoms with Gasteiger partial charge < -0.3 is 9.80 Å². The van der Waals surface area contributed by atoms with Crippen LogP contribution in [0.2, 0.25) is 0 Å². The van der Waals surface area contributed by atoms with Crippen molar-refractivity contribution < 1.29 is 0 Å². The molecule has 2 nitrogen and oxygen atoms in total. The largest absolute Gasteiger partial charge is 0.310 e. The Kier molecular flexibility index (Phi) is 8.65. The topological polar surface area (TPSA) is 6.48 Å². The highest BCUT2D eigenvalue weighted by molar-refractivity contribution is 7.40. The second-order valence-electron chi connectivity index (χ2n) is 19.8. The first-order valence-corrected chi connectivity index (χ1v) is 25.8. The van der Waals surface area contributed by atoms with Gasteiger partial charge in [0.2, 0.25) is 0 Å². The smallest absolute Gasteiger partial charge is 0.277 e. The van der Waals surface area contributed by atoms with Crippen molar-refractivity contribution in [2.75, 3.05) is 9.80 Å². The lowest BCUT2D eigenvalue weighted by Crippen LogP contribution is -2.59. The van der Waals surface area contributed by atoms with Gasteiger partial charge in [-0.1, -0.05) is 120 Å². The predicted molar refractivity (Wildman–Crippen MR) is 290 cm³/mol. The molecule has 2 aliphatic rings. The Balaban J connectivity index is 1.05. The number of benzene rings is 7. The first-order chi connectivity index (χ1) is 31.5. The van der Waals surface area contributed by atoms with Crippen LogP contribution in [0.1, 0.15) is 52.7 Å². The average molecular weight is 909 g/mol. The first kappa shape index (κ1) is 39.4. The van der Waals surface area contributed by atoms with Crippen molar-refractivity contribution in [2.24, 2.45) is 0 Å². The zero-order chi connectivity index (χ0) is 43.9. The van der Waals surface area contributed by atoms with Gasteiger partial charge in [0.05, 0.1) is 11.4 Å². The molecule has 0 bridgehead atoms. The average Bonchev–Trinajstić information content (AvgIpc) is 4.11. The van der Waals surface area contributed by atoms with E-state index in [1.807, 2.05) is 45.3 Å². The molecule has 65 heavy (non-hydrogen) atoms. The van der Waals surface area contributed by atoms with Crippen LogP contribution in [0, 0.1) is 0 Å². The molecule has 0 unspecified atom stereocenters. The highest BCUT2D eigenvalue weighted by atomic mass is 32.1. The molecule has 314 valence electrons. The van der Waals surface area contributed by atoms with E-state index in [1.54, 1.807) is 0 Å². The molecule has 0 N–H and O–H groups in total. The van der Waals surface area contributed by atoms with Crippen molar-refractivity contribution in [1.82, 2.24) is 0 Å². The van der Waals surface area contributed by atoms with Gasteiger partial charge in [0, 0.05) is 71.6 Å². The standard InChI is InChI=1S/C58H45BN2S4/c1-57(2,3)38-22-28-48-42(32-38)53-55(64-48)59-52-44(60(53)40-24-18-34(19-25-40)50-30-36-12-7-9-16-46(36)62-50)14-11-15-45(52)61(54-43-33-39(58(4,5)6)23-29-49(43)65-56(54)59)41-26-20-35(21-27-41)51-31-37-13-8-10-17-47(37)63-51/h7-33H,1-6H3. The van der Waals surface area contributed by atoms with Crippen molar-refractivity contribution in [2.45, 2.75) is 52.4 Å². The number of thiophene rings is 4. The summed E-state index contributed by atoms with van der Waals surface area (Å²) < 4.78 is 8.15. The highest BCUT2D eigenvalue weighted by Crippen LogP contribution is 2.51. The van der Waals surface area contributed by atoms with Crippen LogP contribution >= 0.6 is 45.3 Å². The first-order valence-electron chi connectivity index (χ1n) is 22.5. The van der Waals surface area contributed by atoms with Crippen LogP contribution in [0.4, 0.5) is 34.1 Å². The number of anilines is 6. The van der Waals surface area contributed by atoms with Crippen LogP contribution in [0.5, 0.6) is 0 Å². The molecule has 0 saturated carbocycles. The van der Waals surface area contributed by atoms with Crippen molar-refractivity contribution in [3.05, 3.63) is 175 Å². The molecule has 0 aliphatic carbocycles. The van der Waals surface area contributed by atoms with Gasteiger partial charge >= 0.3 is 0 Å². The molecule has 0 atom stereocenters. The minimum atomic E-state index is 0.0146. The van der Waals surface area contributed by atoms with E-state index >= 15 is 0 Å². The third kappa shape index (κ3) is 6.16. The third-order valence-corrected chi connectivity index (χ3v) is 18.4. The van der Waals surface area contributed by atoms with Gasteiger partial charge in [0.1, 0.15) is 0 Å². The fourth-order valence-electron chi connectivity index (χ4n) is 10.2. The van der Waals surface area contributed by atoms with Crippen LogP contribution in [-0.4, -0.2) is 6.71 Å². The monoisotopic (exact) mass is 908 g/mol. The lowest BCUT2D eigenvalue weighted by atomic mass is 9.39. The van der Waals surface area contributed by atoms with E-state index in [0.717, 1.165) is 0 Å². The second-order valence-corrected chi connectivity index (χ2v) is 24.1. The van der Waals surface area contributed by atoms with Crippen LogP contribution in [-0.2, 0) is 10.8 Å². The Labute approximate surface area is 396 Å². The molecule has 0 saturated heterocycles. The van der Waals surface area contributed by atoms with E-state index in [2.05, 4.69) is 215 Å². The van der Waals surface area contributed by atoms with Gasteiger partial charge in [0.15, 0.2) is 0 Å².